The fourth-order valence-electron chi connectivity index (χ4n) is 2.13. The van der Waals surface area contributed by atoms with Gasteiger partial charge in [0.15, 0.2) is 6.23 Å². The predicted molar refractivity (Wildman–Crippen MR) is 70.8 cm³/mol. The third-order valence-electron chi connectivity index (χ3n) is 3.00. The molecule has 5 atom stereocenters. The number of aliphatic hydroxyl groups is 1. The summed E-state index contributed by atoms with van der Waals surface area (Å²) in [5.74, 6) is 0.0328. The number of methoxy groups -OCH3 is 1. The fourth-order valence-corrected chi connectivity index (χ4v) is 2.65. The third kappa shape index (κ3) is 3.49. The van der Waals surface area contributed by atoms with Gasteiger partial charge >= 0.3 is 13.9 Å². The molecule has 118 valence electrons. The van der Waals surface area contributed by atoms with Crippen molar-refractivity contribution in [1.29, 1.82) is 0 Å². The van der Waals surface area contributed by atoms with E-state index in [1.165, 1.54) is 19.4 Å². The van der Waals surface area contributed by atoms with Crippen molar-refractivity contribution in [3.05, 3.63) is 22.7 Å². The molecule has 1 aliphatic heterocycles. The lowest BCUT2D eigenvalue weighted by Crippen LogP contribution is -2.37. The maximum Gasteiger partial charge on any atom is 0.351 e. The fraction of sp³-hybridized carbons (Fsp3) is 0.600. The van der Waals surface area contributed by atoms with Crippen LogP contribution in [0.3, 0.4) is 0 Å². The van der Waals surface area contributed by atoms with Crippen molar-refractivity contribution in [1.82, 2.24) is 9.55 Å². The Morgan fingerprint density at radius 1 is 1.62 bits per heavy atom. The highest BCUT2D eigenvalue weighted by Gasteiger charge is 2.46. The van der Waals surface area contributed by atoms with Gasteiger partial charge in [0.05, 0.1) is 6.61 Å². The number of aromatic nitrogens is 2. The van der Waals surface area contributed by atoms with E-state index in [4.69, 9.17) is 24.6 Å². The van der Waals surface area contributed by atoms with Gasteiger partial charge in [-0.25, -0.2) is 4.79 Å². The van der Waals surface area contributed by atoms with Crippen LogP contribution in [0.15, 0.2) is 17.1 Å². The molecule has 10 nitrogen and oxygen atoms in total. The lowest BCUT2D eigenvalue weighted by molar-refractivity contribution is -0.0605. The molecular formula is C10H16N3O7P. The van der Waals surface area contributed by atoms with Gasteiger partial charge in [-0.15, -0.1) is 0 Å². The largest absolute Gasteiger partial charge is 0.386 e. The first-order valence-corrected chi connectivity index (χ1v) is 7.27. The number of ether oxygens (including phenoxy) is 2. The van der Waals surface area contributed by atoms with Crippen molar-refractivity contribution >= 4 is 14.1 Å². The molecule has 0 spiro atoms. The van der Waals surface area contributed by atoms with E-state index in [-0.39, 0.29) is 12.4 Å². The first-order valence-electron chi connectivity index (χ1n) is 6.00. The van der Waals surface area contributed by atoms with Crippen molar-refractivity contribution in [3.8, 4) is 0 Å². The van der Waals surface area contributed by atoms with Crippen LogP contribution in [0.25, 0.3) is 0 Å². The number of anilines is 1. The van der Waals surface area contributed by atoms with Crippen molar-refractivity contribution in [3.63, 3.8) is 0 Å². The summed E-state index contributed by atoms with van der Waals surface area (Å²) in [6.45, 7) is 0.0184. The Morgan fingerprint density at radius 2 is 2.33 bits per heavy atom. The Balaban J connectivity index is 2.28. The molecule has 1 aromatic heterocycles. The summed E-state index contributed by atoms with van der Waals surface area (Å²) in [5, 5.41) is 10.2. The normalized spacial score (nSPS) is 30.4. The van der Waals surface area contributed by atoms with Crippen LogP contribution in [0.1, 0.15) is 6.23 Å². The highest BCUT2D eigenvalue weighted by atomic mass is 31.1. The van der Waals surface area contributed by atoms with E-state index in [1.54, 1.807) is 0 Å². The van der Waals surface area contributed by atoms with E-state index in [0.29, 0.717) is 0 Å². The third-order valence-corrected chi connectivity index (χ3v) is 3.48. The summed E-state index contributed by atoms with van der Waals surface area (Å²) in [4.78, 5) is 24.2. The van der Waals surface area contributed by atoms with Crippen molar-refractivity contribution < 1.29 is 28.6 Å². The molecule has 1 unspecified atom stereocenters. The minimum Gasteiger partial charge on any atom is -0.386 e. The van der Waals surface area contributed by atoms with Gasteiger partial charge in [-0.3, -0.25) is 9.13 Å². The van der Waals surface area contributed by atoms with E-state index in [2.05, 4.69) is 4.98 Å². The van der Waals surface area contributed by atoms with Gasteiger partial charge in [-0.1, -0.05) is 0 Å². The van der Waals surface area contributed by atoms with Crippen molar-refractivity contribution in [2.45, 2.75) is 24.5 Å². The van der Waals surface area contributed by atoms with Gasteiger partial charge in [-0.2, -0.15) is 4.98 Å². The van der Waals surface area contributed by atoms with Gasteiger partial charge in [0, 0.05) is 13.3 Å². The lowest BCUT2D eigenvalue weighted by Gasteiger charge is -2.18. The van der Waals surface area contributed by atoms with E-state index in [1.807, 2.05) is 0 Å². The first-order chi connectivity index (χ1) is 9.93. The summed E-state index contributed by atoms with van der Waals surface area (Å²) in [6, 6.07) is 1.37. The van der Waals surface area contributed by atoms with Crippen LogP contribution in [-0.4, -0.2) is 51.6 Å². The van der Waals surface area contributed by atoms with Crippen LogP contribution >= 0.6 is 8.25 Å². The molecule has 0 amide bonds. The Labute approximate surface area is 120 Å². The molecule has 11 heteroatoms. The Hall–Kier alpha value is -1.29. The maximum atomic E-state index is 11.8. The Kier molecular flexibility index (Phi) is 5.09. The standard InChI is InChI=1S/C10H16N3O7P/c1-18-4-5-8(20-21(16)17)7(14)9(19-5)13-3-2-6(11)12-10(13)15/h2-3,5,7-9,14,21H,4H2,1H3,(H,16,17)(H2,11,12,15)/t5-,7-,8-,9-/m1/s1. The molecule has 0 aromatic carbocycles. The van der Waals surface area contributed by atoms with Gasteiger partial charge in [0.25, 0.3) is 0 Å². The molecule has 21 heavy (non-hydrogen) atoms. The highest BCUT2D eigenvalue weighted by molar-refractivity contribution is 7.32. The van der Waals surface area contributed by atoms with Gasteiger partial charge in [-0.05, 0) is 6.07 Å². The minimum atomic E-state index is -3.29. The quantitative estimate of drug-likeness (QED) is 0.551. The summed E-state index contributed by atoms with van der Waals surface area (Å²) < 4.78 is 27.1. The van der Waals surface area contributed by atoms with Gasteiger partial charge < -0.3 is 29.7 Å². The number of aliphatic hydroxyl groups excluding tert-OH is 1. The van der Waals surface area contributed by atoms with E-state index in [0.717, 1.165) is 4.57 Å². The number of hydrogen-bond donors (Lipinski definition) is 3. The molecule has 4 N–H and O–H groups in total. The Morgan fingerprint density at radius 3 is 2.90 bits per heavy atom. The van der Waals surface area contributed by atoms with E-state index < -0.39 is 38.5 Å². The second kappa shape index (κ2) is 6.65. The molecule has 0 saturated carbocycles. The molecular weight excluding hydrogens is 305 g/mol. The zero-order chi connectivity index (χ0) is 15.6. The SMILES string of the molecule is COC[C@H]1O[C@@H](n2ccc(N)nc2=O)[C@H](O)[C@@H]1O[PH](=O)O. The zero-order valence-electron chi connectivity index (χ0n) is 11.1. The first kappa shape index (κ1) is 16.1. The predicted octanol–water partition coefficient (Wildman–Crippen LogP) is -1.50. The molecule has 0 aliphatic carbocycles. The van der Waals surface area contributed by atoms with E-state index >= 15 is 0 Å². The maximum absolute atomic E-state index is 11.8. The topological polar surface area (TPSA) is 146 Å². The van der Waals surface area contributed by atoms with Crippen LogP contribution in [0, 0.1) is 0 Å². The smallest absolute Gasteiger partial charge is 0.351 e. The molecule has 0 bridgehead atoms. The summed E-state index contributed by atoms with van der Waals surface area (Å²) in [5.41, 5.74) is 4.67. The minimum absolute atomic E-state index is 0.0184. The molecule has 1 aliphatic rings. The highest BCUT2D eigenvalue weighted by Crippen LogP contribution is 2.35. The number of hydrogen-bond acceptors (Lipinski definition) is 8. The van der Waals surface area contributed by atoms with Crippen molar-refractivity contribution in [2.24, 2.45) is 0 Å². The summed E-state index contributed by atoms with van der Waals surface area (Å²) >= 11 is 0. The van der Waals surface area contributed by atoms with Crippen LogP contribution < -0.4 is 11.4 Å². The monoisotopic (exact) mass is 321 g/mol. The second-order valence-corrected chi connectivity index (χ2v) is 5.17. The molecule has 1 aromatic rings. The van der Waals surface area contributed by atoms with Crippen LogP contribution in [0.5, 0.6) is 0 Å². The lowest BCUT2D eigenvalue weighted by atomic mass is 10.1. The number of nitrogens with zero attached hydrogens (tertiary/aromatic N) is 2. The molecule has 1 saturated heterocycles. The Bertz CT molecular complexity index is 580. The number of nitrogens with two attached hydrogens (primary N) is 1. The summed E-state index contributed by atoms with van der Waals surface area (Å²) in [7, 11) is -1.89. The average molecular weight is 321 g/mol. The van der Waals surface area contributed by atoms with Crippen LogP contribution in [0.2, 0.25) is 0 Å². The van der Waals surface area contributed by atoms with Crippen LogP contribution in [0.4, 0.5) is 5.82 Å². The van der Waals surface area contributed by atoms with Crippen molar-refractivity contribution in [2.75, 3.05) is 19.5 Å². The summed E-state index contributed by atoms with van der Waals surface area (Å²) in [6.07, 6.45) is -3.05. The number of rotatable bonds is 5. The van der Waals surface area contributed by atoms with Gasteiger partial charge in [0.2, 0.25) is 0 Å². The van der Waals surface area contributed by atoms with Gasteiger partial charge in [0.1, 0.15) is 24.1 Å². The average Bonchev–Trinajstić information content (AvgIpc) is 2.68. The van der Waals surface area contributed by atoms with Crippen LogP contribution in [-0.2, 0) is 18.6 Å². The second-order valence-electron chi connectivity index (χ2n) is 4.40. The molecule has 2 heterocycles. The molecule has 2 rings (SSSR count). The zero-order valence-corrected chi connectivity index (χ0v) is 12.1. The van der Waals surface area contributed by atoms with E-state index in [9.17, 15) is 14.5 Å². The molecule has 0 radical (unpaired) electrons. The molecule has 1 fully saturated rings. The number of nitrogen functional groups attached to an aromatic ring is 1.